The summed E-state index contributed by atoms with van der Waals surface area (Å²) in [5.41, 5.74) is 1.24. The summed E-state index contributed by atoms with van der Waals surface area (Å²) in [4.78, 5) is 2.50. The first kappa shape index (κ1) is 15.4. The highest BCUT2D eigenvalue weighted by atomic mass is 19.3. The van der Waals surface area contributed by atoms with Gasteiger partial charge in [-0.3, -0.25) is 4.90 Å². The largest absolute Gasteiger partial charge is 0.320 e. The van der Waals surface area contributed by atoms with Gasteiger partial charge in [-0.05, 0) is 45.0 Å². The number of benzene rings is 1. The molecule has 0 bridgehead atoms. The van der Waals surface area contributed by atoms with Crippen molar-refractivity contribution >= 4 is 0 Å². The first-order valence-electron chi connectivity index (χ1n) is 7.46. The summed E-state index contributed by atoms with van der Waals surface area (Å²) in [5, 5.41) is 3.21. The lowest BCUT2D eigenvalue weighted by atomic mass is 9.98. The summed E-state index contributed by atoms with van der Waals surface area (Å²) in [7, 11) is 1.98. The minimum Gasteiger partial charge on any atom is -0.320 e. The van der Waals surface area contributed by atoms with Gasteiger partial charge in [0.25, 0.3) is 6.43 Å². The molecule has 1 fully saturated rings. The van der Waals surface area contributed by atoms with E-state index in [-0.39, 0.29) is 5.56 Å². The molecule has 0 saturated carbocycles. The number of nitrogens with one attached hydrogen (secondary N) is 1. The van der Waals surface area contributed by atoms with Crippen LogP contribution in [-0.4, -0.2) is 31.1 Å². The minimum absolute atomic E-state index is 0.110. The maximum absolute atomic E-state index is 12.5. The summed E-state index contributed by atoms with van der Waals surface area (Å²) in [5.74, 6) is 0. The molecule has 1 aliphatic heterocycles. The SMILES string of the molecule is CNCCC1CCCCN1Cc1ccc(C(F)F)cc1. The van der Waals surface area contributed by atoms with Gasteiger partial charge in [0.1, 0.15) is 0 Å². The van der Waals surface area contributed by atoms with Crippen LogP contribution in [0.2, 0.25) is 0 Å². The third-order valence-corrected chi connectivity index (χ3v) is 4.09. The molecule has 1 saturated heterocycles. The Labute approximate surface area is 120 Å². The van der Waals surface area contributed by atoms with Gasteiger partial charge in [0.2, 0.25) is 0 Å². The Kier molecular flexibility index (Phi) is 5.92. The zero-order chi connectivity index (χ0) is 14.4. The number of hydrogen-bond acceptors (Lipinski definition) is 2. The number of halogens is 2. The Bertz CT molecular complexity index is 392. The molecule has 0 aliphatic carbocycles. The van der Waals surface area contributed by atoms with Crippen molar-refractivity contribution in [2.45, 2.75) is 44.7 Å². The van der Waals surface area contributed by atoms with E-state index in [1.54, 1.807) is 12.1 Å². The topological polar surface area (TPSA) is 15.3 Å². The quantitative estimate of drug-likeness (QED) is 0.858. The van der Waals surface area contributed by atoms with Crippen LogP contribution in [0.25, 0.3) is 0 Å². The van der Waals surface area contributed by atoms with Crippen molar-refractivity contribution in [1.29, 1.82) is 0 Å². The maximum atomic E-state index is 12.5. The summed E-state index contributed by atoms with van der Waals surface area (Å²) < 4.78 is 25.1. The highest BCUT2D eigenvalue weighted by Gasteiger charge is 2.21. The van der Waals surface area contributed by atoms with E-state index in [9.17, 15) is 8.78 Å². The molecule has 0 spiro atoms. The molecule has 1 aromatic carbocycles. The van der Waals surface area contributed by atoms with Crippen LogP contribution < -0.4 is 5.32 Å². The molecule has 1 atom stereocenters. The lowest BCUT2D eigenvalue weighted by Gasteiger charge is -2.36. The smallest absolute Gasteiger partial charge is 0.263 e. The van der Waals surface area contributed by atoms with Gasteiger partial charge in [0.15, 0.2) is 0 Å². The Morgan fingerprint density at radius 1 is 1.25 bits per heavy atom. The van der Waals surface area contributed by atoms with Gasteiger partial charge in [-0.1, -0.05) is 30.7 Å². The van der Waals surface area contributed by atoms with E-state index >= 15 is 0 Å². The zero-order valence-corrected chi connectivity index (χ0v) is 12.1. The molecule has 1 aromatic rings. The minimum atomic E-state index is -2.37. The van der Waals surface area contributed by atoms with E-state index in [2.05, 4.69) is 10.2 Å². The molecule has 4 heteroatoms. The van der Waals surface area contributed by atoms with Crippen LogP contribution in [0.15, 0.2) is 24.3 Å². The number of nitrogens with zero attached hydrogens (tertiary/aromatic N) is 1. The molecule has 1 aliphatic rings. The van der Waals surface area contributed by atoms with Crippen LogP contribution in [0.1, 0.15) is 43.2 Å². The van der Waals surface area contributed by atoms with Gasteiger partial charge in [-0.25, -0.2) is 8.78 Å². The molecule has 2 rings (SSSR count). The molecule has 112 valence electrons. The maximum Gasteiger partial charge on any atom is 0.263 e. The molecule has 1 heterocycles. The predicted molar refractivity (Wildman–Crippen MR) is 78.0 cm³/mol. The standard InChI is InChI=1S/C16H24F2N2/c1-19-10-9-15-4-2-3-11-20(15)12-13-5-7-14(8-6-13)16(17)18/h5-8,15-16,19H,2-4,9-12H2,1H3. The Hall–Kier alpha value is -1.00. The fraction of sp³-hybridized carbons (Fsp3) is 0.625. The van der Waals surface area contributed by atoms with E-state index in [1.165, 1.54) is 19.3 Å². The van der Waals surface area contributed by atoms with Crippen molar-refractivity contribution in [2.24, 2.45) is 0 Å². The van der Waals surface area contributed by atoms with E-state index in [4.69, 9.17) is 0 Å². The summed E-state index contributed by atoms with van der Waals surface area (Å²) >= 11 is 0. The fourth-order valence-electron chi connectivity index (χ4n) is 2.91. The molecule has 2 nitrogen and oxygen atoms in total. The lowest BCUT2D eigenvalue weighted by Crippen LogP contribution is -2.40. The molecular weight excluding hydrogens is 258 g/mol. The second kappa shape index (κ2) is 7.70. The monoisotopic (exact) mass is 282 g/mol. The van der Waals surface area contributed by atoms with Crippen LogP contribution in [0, 0.1) is 0 Å². The van der Waals surface area contributed by atoms with Crippen molar-refractivity contribution in [2.75, 3.05) is 20.1 Å². The van der Waals surface area contributed by atoms with E-state index in [0.717, 1.165) is 31.6 Å². The number of piperidine rings is 1. The van der Waals surface area contributed by atoms with Crippen LogP contribution >= 0.6 is 0 Å². The van der Waals surface area contributed by atoms with Crippen molar-refractivity contribution in [3.05, 3.63) is 35.4 Å². The lowest BCUT2D eigenvalue weighted by molar-refractivity contribution is 0.132. The molecule has 0 amide bonds. The third-order valence-electron chi connectivity index (χ3n) is 4.09. The first-order chi connectivity index (χ1) is 9.70. The van der Waals surface area contributed by atoms with Gasteiger partial charge in [0, 0.05) is 18.2 Å². The molecule has 0 aromatic heterocycles. The Morgan fingerprint density at radius 2 is 2.00 bits per heavy atom. The highest BCUT2D eigenvalue weighted by molar-refractivity contribution is 5.23. The third kappa shape index (κ3) is 4.25. The highest BCUT2D eigenvalue weighted by Crippen LogP contribution is 2.23. The van der Waals surface area contributed by atoms with Gasteiger partial charge in [-0.15, -0.1) is 0 Å². The second-order valence-corrected chi connectivity index (χ2v) is 5.55. The molecular formula is C16H24F2N2. The van der Waals surface area contributed by atoms with Gasteiger partial charge in [-0.2, -0.15) is 0 Å². The first-order valence-corrected chi connectivity index (χ1v) is 7.46. The average molecular weight is 282 g/mol. The molecule has 20 heavy (non-hydrogen) atoms. The van der Waals surface area contributed by atoms with Gasteiger partial charge >= 0.3 is 0 Å². The Balaban J connectivity index is 1.95. The van der Waals surface area contributed by atoms with Crippen molar-refractivity contribution in [3.8, 4) is 0 Å². The summed E-state index contributed by atoms with van der Waals surface area (Å²) in [6, 6.07) is 7.39. The molecule has 0 radical (unpaired) electrons. The van der Waals surface area contributed by atoms with Crippen LogP contribution in [-0.2, 0) is 6.54 Å². The molecule has 1 unspecified atom stereocenters. The van der Waals surface area contributed by atoms with Gasteiger partial charge in [0.05, 0.1) is 0 Å². The Morgan fingerprint density at radius 3 is 2.65 bits per heavy atom. The van der Waals surface area contributed by atoms with Crippen LogP contribution in [0.3, 0.4) is 0 Å². The predicted octanol–water partition coefficient (Wildman–Crippen LogP) is 3.59. The van der Waals surface area contributed by atoms with Crippen molar-refractivity contribution in [3.63, 3.8) is 0 Å². The zero-order valence-electron chi connectivity index (χ0n) is 12.1. The van der Waals surface area contributed by atoms with E-state index < -0.39 is 6.43 Å². The summed E-state index contributed by atoms with van der Waals surface area (Å²) in [6.07, 6.45) is 2.57. The van der Waals surface area contributed by atoms with E-state index in [1.807, 2.05) is 19.2 Å². The summed E-state index contributed by atoms with van der Waals surface area (Å²) in [6.45, 7) is 3.02. The van der Waals surface area contributed by atoms with Crippen molar-refractivity contribution in [1.82, 2.24) is 10.2 Å². The van der Waals surface area contributed by atoms with Crippen LogP contribution in [0.5, 0.6) is 0 Å². The second-order valence-electron chi connectivity index (χ2n) is 5.55. The molecule has 1 N–H and O–H groups in total. The van der Waals surface area contributed by atoms with Crippen LogP contribution in [0.4, 0.5) is 8.78 Å². The van der Waals surface area contributed by atoms with E-state index in [0.29, 0.717) is 6.04 Å². The fourth-order valence-corrected chi connectivity index (χ4v) is 2.91. The number of hydrogen-bond donors (Lipinski definition) is 1. The van der Waals surface area contributed by atoms with Gasteiger partial charge < -0.3 is 5.32 Å². The van der Waals surface area contributed by atoms with Crippen molar-refractivity contribution < 1.29 is 8.78 Å². The number of rotatable bonds is 6. The average Bonchev–Trinajstić information content (AvgIpc) is 2.47. The number of likely N-dealkylation sites (tertiary alicyclic amines) is 1. The number of alkyl halides is 2. The normalized spacial score (nSPS) is 20.5.